The maximum absolute atomic E-state index is 12.8. The molecule has 2 aromatic carbocycles. The van der Waals surface area contributed by atoms with Crippen LogP contribution in [0.5, 0.6) is 5.75 Å². The number of hydrogen-bond donors (Lipinski definition) is 1. The fraction of sp³-hybridized carbons (Fsp3) is 0.350. The Morgan fingerprint density at radius 1 is 1.21 bits per heavy atom. The molecule has 0 saturated carbocycles. The van der Waals surface area contributed by atoms with Crippen molar-refractivity contribution in [2.75, 3.05) is 23.4 Å². The van der Waals surface area contributed by atoms with E-state index in [9.17, 15) is 4.79 Å². The second kappa shape index (κ2) is 7.39. The Hall–Kier alpha value is -2.49. The molecule has 1 amide bonds. The number of nitrogens with one attached hydrogen (secondary N) is 1. The summed E-state index contributed by atoms with van der Waals surface area (Å²) < 4.78 is 5.60. The lowest BCUT2D eigenvalue weighted by Gasteiger charge is -2.35. The highest BCUT2D eigenvalue weighted by Crippen LogP contribution is 2.31. The summed E-state index contributed by atoms with van der Waals surface area (Å²) in [6.07, 6.45) is 2.03. The van der Waals surface area contributed by atoms with Crippen molar-refractivity contribution < 1.29 is 9.53 Å². The number of carbonyl (C=O) groups excluding carboxylic acids is 1. The predicted molar refractivity (Wildman–Crippen MR) is 97.8 cm³/mol. The Kier molecular flexibility index (Phi) is 5.04. The Morgan fingerprint density at radius 2 is 1.96 bits per heavy atom. The van der Waals surface area contributed by atoms with Gasteiger partial charge in [0.15, 0.2) is 0 Å². The van der Waals surface area contributed by atoms with Crippen LogP contribution in [0.1, 0.15) is 25.8 Å². The molecule has 0 aliphatic carbocycles. The second-order valence-corrected chi connectivity index (χ2v) is 6.06. The van der Waals surface area contributed by atoms with Crippen molar-refractivity contribution in [1.82, 2.24) is 0 Å². The predicted octanol–water partition coefficient (Wildman–Crippen LogP) is 3.87. The summed E-state index contributed by atoms with van der Waals surface area (Å²) in [5.41, 5.74) is 3.14. The van der Waals surface area contributed by atoms with E-state index in [0.29, 0.717) is 6.61 Å². The first-order chi connectivity index (χ1) is 11.7. The standard InChI is InChI=1S/C20H24N2O2/c1-3-24-19-11-7-5-9-17(19)21-14-20(23)22-15(2)12-13-16-8-4-6-10-18(16)22/h4-11,15,21H,3,12-14H2,1-2H3. The lowest BCUT2D eigenvalue weighted by atomic mass is 9.96. The van der Waals surface area contributed by atoms with E-state index < -0.39 is 0 Å². The van der Waals surface area contributed by atoms with Crippen LogP contribution >= 0.6 is 0 Å². The lowest BCUT2D eigenvalue weighted by Crippen LogP contribution is -2.44. The van der Waals surface area contributed by atoms with Crippen molar-refractivity contribution in [2.45, 2.75) is 32.7 Å². The van der Waals surface area contributed by atoms with E-state index in [4.69, 9.17) is 4.74 Å². The number of ether oxygens (including phenoxy) is 1. The zero-order chi connectivity index (χ0) is 16.9. The topological polar surface area (TPSA) is 41.6 Å². The molecular formula is C20H24N2O2. The zero-order valence-corrected chi connectivity index (χ0v) is 14.3. The van der Waals surface area contributed by atoms with E-state index in [1.807, 2.05) is 54.3 Å². The minimum Gasteiger partial charge on any atom is -0.492 e. The first-order valence-electron chi connectivity index (χ1n) is 8.56. The van der Waals surface area contributed by atoms with Gasteiger partial charge in [-0.05, 0) is 50.5 Å². The molecule has 1 aliphatic heterocycles. The Labute approximate surface area is 143 Å². The van der Waals surface area contributed by atoms with Gasteiger partial charge in [0.2, 0.25) is 5.91 Å². The van der Waals surface area contributed by atoms with Crippen LogP contribution in [0.2, 0.25) is 0 Å². The summed E-state index contributed by atoms with van der Waals surface area (Å²) in [7, 11) is 0. The van der Waals surface area contributed by atoms with E-state index in [-0.39, 0.29) is 18.5 Å². The van der Waals surface area contributed by atoms with Gasteiger partial charge in [0, 0.05) is 11.7 Å². The number of nitrogens with zero attached hydrogens (tertiary/aromatic N) is 1. The van der Waals surface area contributed by atoms with Gasteiger partial charge in [-0.2, -0.15) is 0 Å². The molecule has 4 nitrogen and oxygen atoms in total. The Bertz CT molecular complexity index is 714. The number of amides is 1. The molecule has 0 bridgehead atoms. The van der Waals surface area contributed by atoms with Crippen LogP contribution in [0, 0.1) is 0 Å². The molecule has 4 heteroatoms. The van der Waals surface area contributed by atoms with E-state index in [2.05, 4.69) is 18.3 Å². The number of aryl methyl sites for hydroxylation is 1. The molecule has 1 N–H and O–H groups in total. The molecule has 24 heavy (non-hydrogen) atoms. The van der Waals surface area contributed by atoms with Crippen molar-refractivity contribution >= 4 is 17.3 Å². The van der Waals surface area contributed by atoms with Gasteiger partial charge in [-0.3, -0.25) is 4.79 Å². The quantitative estimate of drug-likeness (QED) is 0.908. The van der Waals surface area contributed by atoms with Crippen molar-refractivity contribution in [3.63, 3.8) is 0 Å². The Balaban J connectivity index is 1.74. The highest BCUT2D eigenvalue weighted by Gasteiger charge is 2.27. The number of para-hydroxylation sites is 3. The highest BCUT2D eigenvalue weighted by atomic mass is 16.5. The fourth-order valence-electron chi connectivity index (χ4n) is 3.22. The molecule has 0 fully saturated rings. The number of anilines is 2. The van der Waals surface area contributed by atoms with Crippen molar-refractivity contribution in [2.24, 2.45) is 0 Å². The first-order valence-corrected chi connectivity index (χ1v) is 8.56. The third-order valence-corrected chi connectivity index (χ3v) is 4.41. The molecule has 1 unspecified atom stereocenters. The van der Waals surface area contributed by atoms with Gasteiger partial charge in [0.05, 0.1) is 18.8 Å². The monoisotopic (exact) mass is 324 g/mol. The van der Waals surface area contributed by atoms with E-state index in [1.165, 1.54) is 5.56 Å². The molecule has 1 heterocycles. The molecule has 1 aliphatic rings. The summed E-state index contributed by atoms with van der Waals surface area (Å²) in [6, 6.07) is 16.1. The van der Waals surface area contributed by atoms with Crippen LogP contribution < -0.4 is 15.0 Å². The minimum absolute atomic E-state index is 0.0842. The molecule has 3 rings (SSSR count). The molecule has 0 aromatic heterocycles. The summed E-state index contributed by atoms with van der Waals surface area (Å²) in [5.74, 6) is 0.862. The third-order valence-electron chi connectivity index (χ3n) is 4.41. The van der Waals surface area contributed by atoms with Crippen molar-refractivity contribution in [1.29, 1.82) is 0 Å². The van der Waals surface area contributed by atoms with Gasteiger partial charge in [-0.15, -0.1) is 0 Å². The average Bonchev–Trinajstić information content (AvgIpc) is 2.61. The number of hydrogen-bond acceptors (Lipinski definition) is 3. The highest BCUT2D eigenvalue weighted by molar-refractivity contribution is 5.97. The molecular weight excluding hydrogens is 300 g/mol. The second-order valence-electron chi connectivity index (χ2n) is 6.06. The summed E-state index contributed by atoms with van der Waals surface area (Å²) >= 11 is 0. The summed E-state index contributed by atoms with van der Waals surface area (Å²) in [4.78, 5) is 14.8. The number of carbonyl (C=O) groups is 1. The smallest absolute Gasteiger partial charge is 0.246 e. The number of fused-ring (bicyclic) bond motifs is 1. The largest absolute Gasteiger partial charge is 0.492 e. The molecule has 126 valence electrons. The number of benzene rings is 2. The van der Waals surface area contributed by atoms with Crippen LogP contribution in [-0.4, -0.2) is 25.1 Å². The fourth-order valence-corrected chi connectivity index (χ4v) is 3.22. The minimum atomic E-state index is 0.0842. The summed E-state index contributed by atoms with van der Waals surface area (Å²) in [5, 5.41) is 3.23. The lowest BCUT2D eigenvalue weighted by molar-refractivity contribution is -0.117. The Morgan fingerprint density at radius 3 is 2.79 bits per heavy atom. The maximum Gasteiger partial charge on any atom is 0.246 e. The number of rotatable bonds is 5. The van der Waals surface area contributed by atoms with Gasteiger partial charge in [-0.1, -0.05) is 30.3 Å². The van der Waals surface area contributed by atoms with Crippen molar-refractivity contribution in [3.8, 4) is 5.75 Å². The van der Waals surface area contributed by atoms with Crippen LogP contribution in [0.4, 0.5) is 11.4 Å². The molecule has 0 spiro atoms. The van der Waals surface area contributed by atoms with Gasteiger partial charge < -0.3 is 15.0 Å². The van der Waals surface area contributed by atoms with Crippen LogP contribution in [0.15, 0.2) is 48.5 Å². The normalized spacial score (nSPS) is 16.4. The summed E-state index contributed by atoms with van der Waals surface area (Å²) in [6.45, 7) is 4.92. The van der Waals surface area contributed by atoms with Crippen LogP contribution in [-0.2, 0) is 11.2 Å². The van der Waals surface area contributed by atoms with Gasteiger partial charge in [0.25, 0.3) is 0 Å². The average molecular weight is 324 g/mol. The van der Waals surface area contributed by atoms with Crippen LogP contribution in [0.25, 0.3) is 0 Å². The van der Waals surface area contributed by atoms with Crippen molar-refractivity contribution in [3.05, 3.63) is 54.1 Å². The van der Waals surface area contributed by atoms with Crippen LogP contribution in [0.3, 0.4) is 0 Å². The van der Waals surface area contributed by atoms with Gasteiger partial charge in [-0.25, -0.2) is 0 Å². The maximum atomic E-state index is 12.8. The van der Waals surface area contributed by atoms with E-state index in [1.54, 1.807) is 0 Å². The molecule has 1 atom stereocenters. The molecule has 0 radical (unpaired) electrons. The third kappa shape index (κ3) is 3.37. The van der Waals surface area contributed by atoms with Gasteiger partial charge in [0.1, 0.15) is 5.75 Å². The van der Waals surface area contributed by atoms with Gasteiger partial charge >= 0.3 is 0 Å². The van der Waals surface area contributed by atoms with E-state index >= 15 is 0 Å². The van der Waals surface area contributed by atoms with E-state index in [0.717, 1.165) is 30.0 Å². The molecule has 2 aromatic rings. The molecule has 0 saturated heterocycles. The zero-order valence-electron chi connectivity index (χ0n) is 14.3. The SMILES string of the molecule is CCOc1ccccc1NCC(=O)N1c2ccccc2CCC1C. The first kappa shape index (κ1) is 16.4.